The molecule has 4 nitrogen and oxygen atoms in total. The normalized spacial score (nSPS) is 12.4. The number of unbranched alkanes of at least 4 members (excludes halogenated alkanes) is 1. The zero-order valence-corrected chi connectivity index (χ0v) is 13.7. The number of hydrogen-bond acceptors (Lipinski definition) is 3. The van der Waals surface area contributed by atoms with Gasteiger partial charge < -0.3 is 10.2 Å². The molecule has 0 saturated carbocycles. The Morgan fingerprint density at radius 1 is 1.38 bits per heavy atom. The van der Waals surface area contributed by atoms with Crippen LogP contribution < -0.4 is 5.32 Å². The molecule has 0 radical (unpaired) electrons. The van der Waals surface area contributed by atoms with Crippen molar-refractivity contribution in [2.75, 3.05) is 6.54 Å². The first-order valence-corrected chi connectivity index (χ1v) is 7.76. The van der Waals surface area contributed by atoms with Gasteiger partial charge in [0, 0.05) is 12.1 Å². The molecule has 6 heteroatoms. The van der Waals surface area contributed by atoms with E-state index in [2.05, 4.69) is 17.4 Å². The average Bonchev–Trinajstić information content (AvgIpc) is 2.46. The molecule has 1 atom stereocenters. The molecule has 0 aromatic heterocycles. The number of halogens is 2. The summed E-state index contributed by atoms with van der Waals surface area (Å²) in [6.45, 7) is 4.58. The fourth-order valence-electron chi connectivity index (χ4n) is 1.60. The van der Waals surface area contributed by atoms with Gasteiger partial charge in [-0.15, -0.1) is 0 Å². The second-order valence-corrected chi connectivity index (χ2v) is 5.33. The van der Waals surface area contributed by atoms with Gasteiger partial charge in [0.15, 0.2) is 0 Å². The zero-order chi connectivity index (χ0) is 15.7. The summed E-state index contributed by atoms with van der Waals surface area (Å²) in [5.74, 6) is -0.159. The highest BCUT2D eigenvalue weighted by molar-refractivity contribution is 6.38. The molecule has 1 unspecified atom stereocenters. The highest BCUT2D eigenvalue weighted by Gasteiger charge is 2.17. The first-order chi connectivity index (χ1) is 10.1. The van der Waals surface area contributed by atoms with E-state index >= 15 is 0 Å². The highest BCUT2D eigenvalue weighted by atomic mass is 35.5. The maximum Gasteiger partial charge on any atom is 0.263 e. The van der Waals surface area contributed by atoms with Crippen LogP contribution in [0.1, 0.15) is 38.7 Å². The van der Waals surface area contributed by atoms with Gasteiger partial charge in [-0.2, -0.15) is 0 Å². The molecule has 21 heavy (non-hydrogen) atoms. The van der Waals surface area contributed by atoms with Gasteiger partial charge in [-0.25, -0.2) is 0 Å². The molecule has 1 amide bonds. The van der Waals surface area contributed by atoms with Gasteiger partial charge in [0.2, 0.25) is 6.10 Å². The Bertz CT molecular complexity index is 472. The van der Waals surface area contributed by atoms with Crippen LogP contribution in [0.5, 0.6) is 0 Å². The lowest BCUT2D eigenvalue weighted by Gasteiger charge is -2.12. The number of carbonyl (C=O) groups excluding carboxylic acids is 1. The molecule has 0 spiro atoms. The molecular formula is C15H20Cl2N2O2. The minimum Gasteiger partial charge on any atom is -0.382 e. The third kappa shape index (κ3) is 5.94. The smallest absolute Gasteiger partial charge is 0.263 e. The summed E-state index contributed by atoms with van der Waals surface area (Å²) in [5, 5.41) is 7.61. The molecule has 0 aliphatic heterocycles. The lowest BCUT2D eigenvalue weighted by Crippen LogP contribution is -2.35. The summed E-state index contributed by atoms with van der Waals surface area (Å²) in [7, 11) is 0. The quantitative estimate of drug-likeness (QED) is 0.444. The van der Waals surface area contributed by atoms with Crippen molar-refractivity contribution in [2.24, 2.45) is 5.16 Å². The average molecular weight is 331 g/mol. The van der Waals surface area contributed by atoms with Crippen molar-refractivity contribution in [3.8, 4) is 0 Å². The van der Waals surface area contributed by atoms with E-state index in [0.717, 1.165) is 12.8 Å². The Kier molecular flexibility index (Phi) is 8.16. The summed E-state index contributed by atoms with van der Waals surface area (Å²) in [6, 6.07) is 5.17. The van der Waals surface area contributed by atoms with Crippen LogP contribution in [0.3, 0.4) is 0 Å². The Morgan fingerprint density at radius 2 is 2.05 bits per heavy atom. The lowest BCUT2D eigenvalue weighted by atomic mass is 10.2. The van der Waals surface area contributed by atoms with Crippen LogP contribution >= 0.6 is 23.2 Å². The van der Waals surface area contributed by atoms with E-state index in [0.29, 0.717) is 28.6 Å². The van der Waals surface area contributed by atoms with Gasteiger partial charge in [-0.1, -0.05) is 54.7 Å². The molecule has 0 fully saturated rings. The van der Waals surface area contributed by atoms with Crippen molar-refractivity contribution in [3.63, 3.8) is 0 Å². The summed E-state index contributed by atoms with van der Waals surface area (Å²) >= 11 is 12.0. The number of nitrogens with one attached hydrogen (secondary N) is 1. The van der Waals surface area contributed by atoms with Crippen molar-refractivity contribution in [1.29, 1.82) is 0 Å². The summed E-state index contributed by atoms with van der Waals surface area (Å²) < 4.78 is 0. The van der Waals surface area contributed by atoms with E-state index < -0.39 is 6.10 Å². The maximum atomic E-state index is 11.9. The molecule has 1 N–H and O–H groups in total. The van der Waals surface area contributed by atoms with E-state index in [1.54, 1.807) is 18.2 Å². The summed E-state index contributed by atoms with van der Waals surface area (Å²) in [6.07, 6.45) is 3.32. The SMILES string of the molecule is CCCCNC(=O)C(CC)ON=Cc1c(Cl)cccc1Cl. The number of hydrogen-bond donors (Lipinski definition) is 1. The van der Waals surface area contributed by atoms with Gasteiger partial charge in [0.25, 0.3) is 5.91 Å². The molecule has 0 bridgehead atoms. The molecule has 0 aliphatic rings. The van der Waals surface area contributed by atoms with Crippen molar-refractivity contribution in [3.05, 3.63) is 33.8 Å². The van der Waals surface area contributed by atoms with Crippen LogP contribution in [-0.4, -0.2) is 24.8 Å². The minimum atomic E-state index is -0.612. The molecule has 116 valence electrons. The minimum absolute atomic E-state index is 0.159. The third-order valence-electron chi connectivity index (χ3n) is 2.86. The topological polar surface area (TPSA) is 50.7 Å². The number of benzene rings is 1. The largest absolute Gasteiger partial charge is 0.382 e. The molecule has 0 aliphatic carbocycles. The number of nitrogens with zero attached hydrogens (tertiary/aromatic N) is 1. The predicted octanol–water partition coefficient (Wildman–Crippen LogP) is 4.04. The predicted molar refractivity (Wildman–Crippen MR) is 87.1 cm³/mol. The molecule has 0 heterocycles. The standard InChI is InChI=1S/C15H20Cl2N2O2/c1-3-5-9-18-15(20)14(4-2)21-19-10-11-12(16)7-6-8-13(11)17/h6-8,10,14H,3-5,9H2,1-2H3,(H,18,20). The molecule has 0 saturated heterocycles. The Labute approximate surface area is 135 Å². The van der Waals surface area contributed by atoms with Crippen LogP contribution in [0, 0.1) is 0 Å². The third-order valence-corrected chi connectivity index (χ3v) is 3.52. The van der Waals surface area contributed by atoms with Crippen LogP contribution in [0.25, 0.3) is 0 Å². The van der Waals surface area contributed by atoms with Gasteiger partial charge in [-0.05, 0) is 25.0 Å². The van der Waals surface area contributed by atoms with Gasteiger partial charge in [0.1, 0.15) is 0 Å². The van der Waals surface area contributed by atoms with E-state index in [-0.39, 0.29) is 5.91 Å². The van der Waals surface area contributed by atoms with Crippen molar-refractivity contribution in [1.82, 2.24) is 5.32 Å². The molecule has 1 aromatic rings. The van der Waals surface area contributed by atoms with Crippen LogP contribution in [0.2, 0.25) is 10.0 Å². The fraction of sp³-hybridized carbons (Fsp3) is 0.467. The Balaban J connectivity index is 2.58. The maximum absolute atomic E-state index is 11.9. The van der Waals surface area contributed by atoms with E-state index in [1.807, 2.05) is 6.92 Å². The van der Waals surface area contributed by atoms with E-state index in [1.165, 1.54) is 6.21 Å². The highest BCUT2D eigenvalue weighted by Crippen LogP contribution is 2.22. The number of rotatable bonds is 8. The van der Waals surface area contributed by atoms with E-state index in [4.69, 9.17) is 28.0 Å². The van der Waals surface area contributed by atoms with Gasteiger partial charge in [-0.3, -0.25) is 4.79 Å². The summed E-state index contributed by atoms with van der Waals surface area (Å²) in [5.41, 5.74) is 0.571. The molecule has 1 rings (SSSR count). The van der Waals surface area contributed by atoms with Crippen molar-refractivity contribution < 1.29 is 9.63 Å². The zero-order valence-electron chi connectivity index (χ0n) is 12.2. The van der Waals surface area contributed by atoms with Crippen LogP contribution in [0.4, 0.5) is 0 Å². The van der Waals surface area contributed by atoms with Gasteiger partial charge in [0.05, 0.1) is 16.3 Å². The molecule has 1 aromatic carbocycles. The van der Waals surface area contributed by atoms with Crippen molar-refractivity contribution >= 4 is 35.3 Å². The van der Waals surface area contributed by atoms with Crippen LogP contribution in [0.15, 0.2) is 23.4 Å². The van der Waals surface area contributed by atoms with E-state index in [9.17, 15) is 4.79 Å². The monoisotopic (exact) mass is 330 g/mol. The summed E-state index contributed by atoms with van der Waals surface area (Å²) in [4.78, 5) is 17.1. The fourth-order valence-corrected chi connectivity index (χ4v) is 2.10. The first kappa shape index (κ1) is 17.8. The van der Waals surface area contributed by atoms with Crippen LogP contribution in [-0.2, 0) is 9.63 Å². The number of amides is 1. The number of oxime groups is 1. The first-order valence-electron chi connectivity index (χ1n) is 7.01. The Hall–Kier alpha value is -1.26. The number of carbonyl (C=O) groups is 1. The van der Waals surface area contributed by atoms with Crippen molar-refractivity contribution in [2.45, 2.75) is 39.2 Å². The second kappa shape index (κ2) is 9.64. The lowest BCUT2D eigenvalue weighted by molar-refractivity contribution is -0.132. The molecular weight excluding hydrogens is 311 g/mol. The second-order valence-electron chi connectivity index (χ2n) is 4.52. The van der Waals surface area contributed by atoms with Gasteiger partial charge >= 0.3 is 0 Å². The Morgan fingerprint density at radius 3 is 2.62 bits per heavy atom.